The second-order valence-electron chi connectivity index (χ2n) is 9.25. The molecule has 1 aliphatic carbocycles. The molecule has 0 saturated carbocycles. The Morgan fingerprint density at radius 3 is 1.97 bits per heavy atom. The van der Waals surface area contributed by atoms with Crippen LogP contribution in [0.4, 0.5) is 0 Å². The minimum absolute atomic E-state index is 0.187. The van der Waals surface area contributed by atoms with Crippen LogP contribution in [0, 0.1) is 5.41 Å². The Balaban J connectivity index is 1.50. The van der Waals surface area contributed by atoms with Gasteiger partial charge in [-0.3, -0.25) is 14.4 Å². The van der Waals surface area contributed by atoms with Crippen molar-refractivity contribution in [2.75, 3.05) is 0 Å². The van der Waals surface area contributed by atoms with E-state index in [9.17, 15) is 24.6 Å². The minimum Gasteiger partial charge on any atom is -0.508 e. The molecule has 3 aromatic rings. The van der Waals surface area contributed by atoms with Crippen molar-refractivity contribution in [3.63, 3.8) is 0 Å². The summed E-state index contributed by atoms with van der Waals surface area (Å²) in [6.07, 6.45) is 3.87. The van der Waals surface area contributed by atoms with Crippen LogP contribution in [0.5, 0.6) is 11.5 Å². The number of carboxylic acids is 1. The van der Waals surface area contributed by atoms with E-state index in [0.717, 1.165) is 11.1 Å². The van der Waals surface area contributed by atoms with Crippen molar-refractivity contribution in [1.82, 2.24) is 0 Å². The first kappa shape index (κ1) is 24.7. The molecule has 0 saturated heterocycles. The maximum Gasteiger partial charge on any atom is 0.333 e. The molecule has 0 spiro atoms. The fourth-order valence-corrected chi connectivity index (χ4v) is 4.14. The molecule has 36 heavy (non-hydrogen) atoms. The van der Waals surface area contributed by atoms with Gasteiger partial charge in [-0.25, -0.2) is 0 Å². The lowest BCUT2D eigenvalue weighted by Crippen LogP contribution is -2.41. The normalized spacial score (nSPS) is 17.2. The quantitative estimate of drug-likeness (QED) is 0.201. The first-order chi connectivity index (χ1) is 17.1. The number of esters is 1. The average molecular weight is 483 g/mol. The molecule has 4 rings (SSSR count). The van der Waals surface area contributed by atoms with Crippen LogP contribution in [-0.4, -0.2) is 27.9 Å². The SMILES string of the molecule is CC(C)(c1ccc(O)cc1)c1ccc(OC(=O)C2(C(=O)O)C=CC(C(=O)c3ccccc3)=CC2)cc1. The summed E-state index contributed by atoms with van der Waals surface area (Å²) >= 11 is 0. The van der Waals surface area contributed by atoms with Crippen molar-refractivity contribution in [2.45, 2.75) is 25.7 Å². The molecule has 1 unspecified atom stereocenters. The molecule has 0 amide bonds. The Morgan fingerprint density at radius 1 is 0.861 bits per heavy atom. The Kier molecular flexibility index (Phi) is 6.62. The highest BCUT2D eigenvalue weighted by Gasteiger charge is 2.46. The molecular formula is C30H26O6. The van der Waals surface area contributed by atoms with Gasteiger partial charge in [-0.2, -0.15) is 0 Å². The molecule has 6 heteroatoms. The molecule has 0 radical (unpaired) electrons. The molecule has 1 aliphatic rings. The zero-order valence-corrected chi connectivity index (χ0v) is 20.0. The number of phenols is 1. The second-order valence-corrected chi connectivity index (χ2v) is 9.25. The van der Waals surface area contributed by atoms with E-state index in [4.69, 9.17) is 4.74 Å². The monoisotopic (exact) mass is 482 g/mol. The summed E-state index contributed by atoms with van der Waals surface area (Å²) in [5, 5.41) is 19.5. The van der Waals surface area contributed by atoms with Gasteiger partial charge in [0.1, 0.15) is 11.5 Å². The number of ether oxygens (including phenoxy) is 1. The van der Waals surface area contributed by atoms with Crippen molar-refractivity contribution in [1.29, 1.82) is 0 Å². The van der Waals surface area contributed by atoms with Gasteiger partial charge in [0.15, 0.2) is 11.2 Å². The Morgan fingerprint density at radius 2 is 1.44 bits per heavy atom. The summed E-state index contributed by atoms with van der Waals surface area (Å²) in [5.41, 5.74) is 0.447. The van der Waals surface area contributed by atoms with Crippen molar-refractivity contribution >= 4 is 17.7 Å². The molecule has 0 fully saturated rings. The van der Waals surface area contributed by atoms with E-state index >= 15 is 0 Å². The maximum atomic E-state index is 13.0. The largest absolute Gasteiger partial charge is 0.508 e. The lowest BCUT2D eigenvalue weighted by atomic mass is 9.78. The first-order valence-corrected chi connectivity index (χ1v) is 11.5. The molecule has 6 nitrogen and oxygen atoms in total. The standard InChI is InChI=1S/C30H26O6/c1-29(2,22-8-12-24(31)13-9-22)23-10-14-25(15-11-23)36-28(35)30(27(33)34)18-16-21(17-19-30)26(32)20-6-4-3-5-7-20/h3-18,31H,19H2,1-2H3,(H,33,34). The lowest BCUT2D eigenvalue weighted by Gasteiger charge is -2.27. The number of ketones is 1. The molecule has 2 N–H and O–H groups in total. The summed E-state index contributed by atoms with van der Waals surface area (Å²) in [4.78, 5) is 37.8. The van der Waals surface area contributed by atoms with E-state index < -0.39 is 17.4 Å². The number of carboxylic acid groups (broad SMARTS) is 1. The van der Waals surface area contributed by atoms with Crippen LogP contribution in [0.3, 0.4) is 0 Å². The van der Waals surface area contributed by atoms with Gasteiger partial charge in [0, 0.05) is 16.6 Å². The third kappa shape index (κ3) is 4.70. The van der Waals surface area contributed by atoms with E-state index in [2.05, 4.69) is 0 Å². The summed E-state index contributed by atoms with van der Waals surface area (Å²) in [7, 11) is 0. The highest BCUT2D eigenvalue weighted by atomic mass is 16.5. The number of carbonyl (C=O) groups is 3. The number of hydrogen-bond donors (Lipinski definition) is 2. The number of phenolic OH excluding ortho intramolecular Hbond substituents is 1. The van der Waals surface area contributed by atoms with Crippen molar-refractivity contribution in [3.05, 3.63) is 119 Å². The highest BCUT2D eigenvalue weighted by molar-refractivity contribution is 6.12. The fraction of sp³-hybridized carbons (Fsp3) is 0.167. The predicted molar refractivity (Wildman–Crippen MR) is 135 cm³/mol. The predicted octanol–water partition coefficient (Wildman–Crippen LogP) is 5.46. The summed E-state index contributed by atoms with van der Waals surface area (Å²) in [5.74, 6) is -2.12. The number of aliphatic carboxylic acids is 1. The smallest absolute Gasteiger partial charge is 0.333 e. The van der Waals surface area contributed by atoms with E-state index in [0.29, 0.717) is 11.1 Å². The number of allylic oxidation sites excluding steroid dienone is 3. The molecule has 0 aromatic heterocycles. The van der Waals surface area contributed by atoms with Gasteiger partial charge in [0.05, 0.1) is 0 Å². The Hall–Kier alpha value is -4.45. The molecule has 0 bridgehead atoms. The zero-order valence-electron chi connectivity index (χ0n) is 20.0. The minimum atomic E-state index is -1.93. The molecule has 1 atom stereocenters. The van der Waals surface area contributed by atoms with Crippen molar-refractivity contribution in [3.8, 4) is 11.5 Å². The van der Waals surface area contributed by atoms with Crippen molar-refractivity contribution in [2.24, 2.45) is 5.41 Å². The topological polar surface area (TPSA) is 101 Å². The van der Waals surface area contributed by atoms with Crippen LogP contribution >= 0.6 is 0 Å². The number of Topliss-reactive ketones (excluding diaryl/α,β-unsaturated/α-hetero) is 1. The van der Waals surface area contributed by atoms with Crippen LogP contribution in [-0.2, 0) is 15.0 Å². The summed E-state index contributed by atoms with van der Waals surface area (Å²) in [6, 6.07) is 22.5. The molecule has 182 valence electrons. The number of carbonyl (C=O) groups excluding carboxylic acids is 2. The third-order valence-electron chi connectivity index (χ3n) is 6.61. The summed E-state index contributed by atoms with van der Waals surface area (Å²) in [6.45, 7) is 4.07. The van der Waals surface area contributed by atoms with E-state index in [1.54, 1.807) is 54.6 Å². The number of hydrogen-bond acceptors (Lipinski definition) is 5. The molecule has 0 heterocycles. The molecular weight excluding hydrogens is 456 g/mol. The number of aromatic hydroxyl groups is 1. The zero-order chi connectivity index (χ0) is 25.9. The second kappa shape index (κ2) is 9.66. The van der Waals surface area contributed by atoms with Gasteiger partial charge < -0.3 is 14.9 Å². The van der Waals surface area contributed by atoms with E-state index in [1.807, 2.05) is 38.1 Å². The molecule has 0 aliphatic heterocycles. The number of rotatable bonds is 7. The maximum absolute atomic E-state index is 13.0. The van der Waals surface area contributed by atoms with Gasteiger partial charge in [0.25, 0.3) is 0 Å². The average Bonchev–Trinajstić information content (AvgIpc) is 2.89. The van der Waals surface area contributed by atoms with E-state index in [-0.39, 0.29) is 29.1 Å². The molecule has 3 aromatic carbocycles. The summed E-state index contributed by atoms with van der Waals surface area (Å²) < 4.78 is 5.47. The Labute approximate surface area is 209 Å². The Bertz CT molecular complexity index is 1350. The first-order valence-electron chi connectivity index (χ1n) is 11.5. The van der Waals surface area contributed by atoms with Crippen LogP contribution in [0.2, 0.25) is 0 Å². The van der Waals surface area contributed by atoms with Crippen LogP contribution in [0.15, 0.2) is 103 Å². The highest BCUT2D eigenvalue weighted by Crippen LogP contribution is 2.36. The third-order valence-corrected chi connectivity index (χ3v) is 6.61. The van der Waals surface area contributed by atoms with Gasteiger partial charge in [-0.15, -0.1) is 0 Å². The van der Waals surface area contributed by atoms with Gasteiger partial charge in [-0.05, 0) is 41.8 Å². The van der Waals surface area contributed by atoms with Crippen molar-refractivity contribution < 1.29 is 29.3 Å². The van der Waals surface area contributed by atoms with Crippen LogP contribution in [0.25, 0.3) is 0 Å². The van der Waals surface area contributed by atoms with Gasteiger partial charge in [0.2, 0.25) is 0 Å². The fourth-order valence-electron chi connectivity index (χ4n) is 4.14. The van der Waals surface area contributed by atoms with Gasteiger partial charge in [-0.1, -0.05) is 86.7 Å². The van der Waals surface area contributed by atoms with E-state index in [1.165, 1.54) is 18.2 Å². The van der Waals surface area contributed by atoms with Crippen LogP contribution < -0.4 is 4.74 Å². The number of benzene rings is 3. The van der Waals surface area contributed by atoms with Gasteiger partial charge >= 0.3 is 11.9 Å². The van der Waals surface area contributed by atoms with Crippen LogP contribution in [0.1, 0.15) is 41.8 Å². The lowest BCUT2D eigenvalue weighted by molar-refractivity contribution is -0.158.